The van der Waals surface area contributed by atoms with Crippen LogP contribution in [0.4, 0.5) is 0 Å². The van der Waals surface area contributed by atoms with Crippen LogP contribution in [0.15, 0.2) is 17.1 Å². The molecule has 0 aliphatic carbocycles. The summed E-state index contributed by atoms with van der Waals surface area (Å²) in [4.78, 5) is 13.7. The normalized spacial score (nSPS) is 13.0. The first-order chi connectivity index (χ1) is 5.11. The van der Waals surface area contributed by atoms with Gasteiger partial charge in [0.1, 0.15) is 0 Å². The molecule has 0 aliphatic rings. The first-order valence-electron chi connectivity index (χ1n) is 3.56. The van der Waals surface area contributed by atoms with Crippen molar-refractivity contribution in [2.45, 2.75) is 19.9 Å². The molecule has 0 radical (unpaired) electrons. The summed E-state index contributed by atoms with van der Waals surface area (Å²) in [6.07, 6.45) is 1.67. The number of hydrogen-bond donors (Lipinski definition) is 2. The Labute approximate surface area is 65.2 Å². The van der Waals surface area contributed by atoms with E-state index in [2.05, 4.69) is 4.98 Å². The topological polar surface area (TPSA) is 58.9 Å². The highest BCUT2D eigenvalue weighted by Crippen LogP contribution is 2.03. The van der Waals surface area contributed by atoms with E-state index in [-0.39, 0.29) is 11.6 Å². The molecule has 3 nitrogen and oxygen atoms in total. The van der Waals surface area contributed by atoms with E-state index in [0.717, 1.165) is 5.56 Å². The molecular formula is C8H12N2O. The zero-order valence-electron chi connectivity index (χ0n) is 6.72. The Balaban J connectivity index is 3.24. The molecule has 0 aliphatic heterocycles. The Morgan fingerprint density at radius 3 is 2.73 bits per heavy atom. The second-order valence-electron chi connectivity index (χ2n) is 2.75. The first kappa shape index (κ1) is 8.01. The number of nitrogens with one attached hydrogen (secondary N) is 1. The van der Waals surface area contributed by atoms with Gasteiger partial charge < -0.3 is 10.7 Å². The van der Waals surface area contributed by atoms with Gasteiger partial charge in [-0.2, -0.15) is 0 Å². The molecule has 0 spiro atoms. The van der Waals surface area contributed by atoms with Crippen LogP contribution in [0.5, 0.6) is 0 Å². The molecule has 3 heteroatoms. The van der Waals surface area contributed by atoms with Crippen LogP contribution < -0.4 is 11.3 Å². The minimum atomic E-state index is -0.196. The Morgan fingerprint density at radius 2 is 2.27 bits per heavy atom. The standard InChI is InChI=1S/C8H12N2O/c1-5-3-7(6(2)9)8(11)10-4-5/h3-4,6H,9H2,1-2H3,(H,10,11)/t6-/m0/s1. The molecule has 0 unspecified atom stereocenters. The van der Waals surface area contributed by atoms with E-state index in [1.54, 1.807) is 13.1 Å². The van der Waals surface area contributed by atoms with Gasteiger partial charge in [0.15, 0.2) is 0 Å². The minimum absolute atomic E-state index is 0.0920. The molecule has 11 heavy (non-hydrogen) atoms. The van der Waals surface area contributed by atoms with Gasteiger partial charge in [-0.25, -0.2) is 0 Å². The Hall–Kier alpha value is -1.09. The average Bonchev–Trinajstić information content (AvgIpc) is 1.94. The third kappa shape index (κ3) is 1.68. The third-order valence-electron chi connectivity index (χ3n) is 1.57. The summed E-state index contributed by atoms with van der Waals surface area (Å²) >= 11 is 0. The highest BCUT2D eigenvalue weighted by atomic mass is 16.1. The number of aromatic nitrogens is 1. The maximum Gasteiger partial charge on any atom is 0.252 e. The molecule has 0 amide bonds. The van der Waals surface area contributed by atoms with Crippen molar-refractivity contribution >= 4 is 0 Å². The third-order valence-corrected chi connectivity index (χ3v) is 1.57. The number of rotatable bonds is 1. The van der Waals surface area contributed by atoms with Gasteiger partial charge >= 0.3 is 0 Å². The second kappa shape index (κ2) is 2.88. The number of nitrogens with two attached hydrogens (primary N) is 1. The molecule has 1 rings (SSSR count). The van der Waals surface area contributed by atoms with Gasteiger partial charge in [0.2, 0.25) is 0 Å². The largest absolute Gasteiger partial charge is 0.329 e. The van der Waals surface area contributed by atoms with Crippen molar-refractivity contribution in [2.24, 2.45) is 5.73 Å². The van der Waals surface area contributed by atoms with E-state index in [1.807, 2.05) is 13.0 Å². The van der Waals surface area contributed by atoms with E-state index in [9.17, 15) is 4.79 Å². The SMILES string of the molecule is Cc1c[nH]c(=O)c([C@H](C)N)c1. The lowest BCUT2D eigenvalue weighted by Crippen LogP contribution is -2.19. The van der Waals surface area contributed by atoms with Gasteiger partial charge in [-0.1, -0.05) is 0 Å². The van der Waals surface area contributed by atoms with Crippen molar-refractivity contribution in [3.63, 3.8) is 0 Å². The summed E-state index contributed by atoms with van der Waals surface area (Å²) in [5, 5.41) is 0. The van der Waals surface area contributed by atoms with Crippen molar-refractivity contribution in [3.05, 3.63) is 33.7 Å². The maximum absolute atomic E-state index is 11.1. The molecule has 1 aromatic heterocycles. The monoisotopic (exact) mass is 152 g/mol. The van der Waals surface area contributed by atoms with Crippen LogP contribution in [-0.2, 0) is 0 Å². The molecule has 0 fully saturated rings. The van der Waals surface area contributed by atoms with Crippen molar-refractivity contribution < 1.29 is 0 Å². The molecule has 0 saturated heterocycles. The molecule has 1 atom stereocenters. The molecule has 60 valence electrons. The number of pyridine rings is 1. The summed E-state index contributed by atoms with van der Waals surface area (Å²) in [5.41, 5.74) is 7.14. The molecule has 0 aromatic carbocycles. The van der Waals surface area contributed by atoms with E-state index < -0.39 is 0 Å². The van der Waals surface area contributed by atoms with E-state index in [0.29, 0.717) is 5.56 Å². The average molecular weight is 152 g/mol. The van der Waals surface area contributed by atoms with Crippen LogP contribution in [0.3, 0.4) is 0 Å². The highest BCUT2D eigenvalue weighted by molar-refractivity contribution is 5.19. The first-order valence-corrected chi connectivity index (χ1v) is 3.56. The zero-order valence-corrected chi connectivity index (χ0v) is 6.72. The van der Waals surface area contributed by atoms with Crippen LogP contribution in [0.25, 0.3) is 0 Å². The van der Waals surface area contributed by atoms with E-state index in [4.69, 9.17) is 5.73 Å². The number of H-pyrrole nitrogens is 1. The molecular weight excluding hydrogens is 140 g/mol. The fourth-order valence-corrected chi connectivity index (χ4v) is 0.953. The molecule has 3 N–H and O–H groups in total. The highest BCUT2D eigenvalue weighted by Gasteiger charge is 2.03. The van der Waals surface area contributed by atoms with Crippen LogP contribution in [-0.4, -0.2) is 4.98 Å². The predicted molar refractivity (Wildman–Crippen MR) is 44.4 cm³/mol. The Morgan fingerprint density at radius 1 is 1.64 bits per heavy atom. The van der Waals surface area contributed by atoms with Crippen molar-refractivity contribution in [2.75, 3.05) is 0 Å². The number of hydrogen-bond acceptors (Lipinski definition) is 2. The van der Waals surface area contributed by atoms with Crippen LogP contribution >= 0.6 is 0 Å². The lowest BCUT2D eigenvalue weighted by Gasteiger charge is -2.03. The Bertz CT molecular complexity index is 301. The van der Waals surface area contributed by atoms with Crippen molar-refractivity contribution in [1.29, 1.82) is 0 Å². The fourth-order valence-electron chi connectivity index (χ4n) is 0.953. The quantitative estimate of drug-likeness (QED) is 0.622. The van der Waals surface area contributed by atoms with Crippen LogP contribution in [0.2, 0.25) is 0 Å². The molecule has 0 saturated carbocycles. The lowest BCUT2D eigenvalue weighted by atomic mass is 10.1. The Kier molecular flexibility index (Phi) is 2.10. The number of aryl methyl sites for hydroxylation is 1. The summed E-state index contributed by atoms with van der Waals surface area (Å²) in [6.45, 7) is 3.71. The maximum atomic E-state index is 11.1. The van der Waals surface area contributed by atoms with Gasteiger partial charge in [-0.05, 0) is 25.5 Å². The second-order valence-corrected chi connectivity index (χ2v) is 2.75. The van der Waals surface area contributed by atoms with Gasteiger partial charge in [-0.3, -0.25) is 4.79 Å². The summed E-state index contributed by atoms with van der Waals surface area (Å²) in [6, 6.07) is 1.61. The van der Waals surface area contributed by atoms with E-state index in [1.165, 1.54) is 0 Å². The minimum Gasteiger partial charge on any atom is -0.329 e. The zero-order chi connectivity index (χ0) is 8.43. The van der Waals surface area contributed by atoms with Crippen molar-refractivity contribution in [3.8, 4) is 0 Å². The van der Waals surface area contributed by atoms with Gasteiger partial charge in [0, 0.05) is 17.8 Å². The van der Waals surface area contributed by atoms with E-state index >= 15 is 0 Å². The predicted octanol–water partition coefficient (Wildman–Crippen LogP) is 0.703. The lowest BCUT2D eigenvalue weighted by molar-refractivity contribution is 0.798. The summed E-state index contributed by atoms with van der Waals surface area (Å²) < 4.78 is 0. The van der Waals surface area contributed by atoms with Gasteiger partial charge in [-0.15, -0.1) is 0 Å². The molecule has 0 bridgehead atoms. The molecule has 1 aromatic rings. The smallest absolute Gasteiger partial charge is 0.252 e. The number of aromatic amines is 1. The van der Waals surface area contributed by atoms with Gasteiger partial charge in [0.05, 0.1) is 0 Å². The summed E-state index contributed by atoms with van der Waals surface area (Å²) in [7, 11) is 0. The fraction of sp³-hybridized carbons (Fsp3) is 0.375. The summed E-state index contributed by atoms with van der Waals surface area (Å²) in [5.74, 6) is 0. The van der Waals surface area contributed by atoms with Crippen LogP contribution in [0, 0.1) is 6.92 Å². The van der Waals surface area contributed by atoms with Crippen molar-refractivity contribution in [1.82, 2.24) is 4.98 Å². The molecule has 1 heterocycles. The van der Waals surface area contributed by atoms with Crippen LogP contribution in [0.1, 0.15) is 24.1 Å². The van der Waals surface area contributed by atoms with Gasteiger partial charge in [0.25, 0.3) is 5.56 Å².